The van der Waals surface area contributed by atoms with Crippen molar-refractivity contribution in [1.82, 2.24) is 14.5 Å². The first-order valence-electron chi connectivity index (χ1n) is 20.7. The highest BCUT2D eigenvalue weighted by atomic mass is 16.3. The van der Waals surface area contributed by atoms with Gasteiger partial charge in [-0.15, -0.1) is 0 Å². The Labute approximate surface area is 325 Å². The lowest BCUT2D eigenvalue weighted by Crippen LogP contribution is -2.11. The molecule has 0 aliphatic carbocycles. The molecular weight excluding hydrogens is 659 g/mol. The Kier molecular flexibility index (Phi) is 7.55. The van der Waals surface area contributed by atoms with Gasteiger partial charge in [-0.05, 0) is 106 Å². The summed E-state index contributed by atoms with van der Waals surface area (Å²) in [5.41, 5.74) is 11.0. The predicted molar refractivity (Wildman–Crippen MR) is 225 cm³/mol. The van der Waals surface area contributed by atoms with Gasteiger partial charge in [-0.1, -0.05) is 131 Å². The van der Waals surface area contributed by atoms with Crippen molar-refractivity contribution in [3.05, 3.63) is 168 Å². The first-order chi connectivity index (χ1) is 28.0. The number of phenols is 1. The van der Waals surface area contributed by atoms with Gasteiger partial charge in [0, 0.05) is 24.3 Å². The summed E-state index contributed by atoms with van der Waals surface area (Å²) in [5, 5.41) is 11.3. The first-order valence-corrected chi connectivity index (χ1v) is 18.2. The molecule has 0 aliphatic rings. The molecule has 0 radical (unpaired) electrons. The SMILES string of the molecule is [2H]c1c([2H])c(-c2ccnc(-c3cc(-c4cccc5c4nc(-c4ccccc4O)n5-c4ccc(C([2H])(C)C)cc4-c4ccccc4)cc(C(C)(C)C)c3)c2)c([2H])c([2H])c1C. The Morgan fingerprint density at radius 3 is 2.13 bits per heavy atom. The summed E-state index contributed by atoms with van der Waals surface area (Å²) in [6, 6.07) is 39.3. The number of nitrogens with zero attached hydrogens (tertiary/aromatic N) is 3. The van der Waals surface area contributed by atoms with Crippen LogP contribution < -0.4 is 0 Å². The second-order valence-corrected chi connectivity index (χ2v) is 15.0. The molecule has 8 rings (SSSR count). The van der Waals surface area contributed by atoms with Crippen LogP contribution in [-0.2, 0) is 5.41 Å². The number of benzene rings is 6. The van der Waals surface area contributed by atoms with Crippen LogP contribution in [0, 0.1) is 6.92 Å². The highest BCUT2D eigenvalue weighted by Gasteiger charge is 2.24. The number of hydrogen-bond donors (Lipinski definition) is 1. The zero-order valence-corrected chi connectivity index (χ0v) is 31.4. The van der Waals surface area contributed by atoms with Crippen molar-refractivity contribution in [3.8, 4) is 67.5 Å². The van der Waals surface area contributed by atoms with Crippen LogP contribution in [0.3, 0.4) is 0 Å². The van der Waals surface area contributed by atoms with E-state index in [-0.39, 0.29) is 40.9 Å². The van der Waals surface area contributed by atoms with E-state index in [0.717, 1.165) is 55.7 Å². The number of para-hydroxylation sites is 2. The van der Waals surface area contributed by atoms with E-state index >= 15 is 0 Å². The van der Waals surface area contributed by atoms with Gasteiger partial charge in [0.2, 0.25) is 0 Å². The van der Waals surface area contributed by atoms with Crippen molar-refractivity contribution in [2.24, 2.45) is 0 Å². The van der Waals surface area contributed by atoms with Gasteiger partial charge in [-0.25, -0.2) is 4.98 Å². The molecule has 2 heterocycles. The summed E-state index contributed by atoms with van der Waals surface area (Å²) >= 11 is 0. The van der Waals surface area contributed by atoms with Crippen molar-refractivity contribution >= 4 is 11.0 Å². The lowest BCUT2D eigenvalue weighted by molar-refractivity contribution is 0.477. The predicted octanol–water partition coefficient (Wildman–Crippen LogP) is 13.2. The largest absolute Gasteiger partial charge is 0.507 e. The molecule has 0 spiro atoms. The second kappa shape index (κ2) is 13.9. The van der Waals surface area contributed by atoms with E-state index in [9.17, 15) is 5.11 Å². The van der Waals surface area contributed by atoms with Gasteiger partial charge in [0.25, 0.3) is 0 Å². The van der Waals surface area contributed by atoms with E-state index in [1.54, 1.807) is 31.3 Å². The Morgan fingerprint density at radius 1 is 0.667 bits per heavy atom. The van der Waals surface area contributed by atoms with Gasteiger partial charge in [-0.2, -0.15) is 0 Å². The molecule has 8 aromatic rings. The van der Waals surface area contributed by atoms with Crippen LogP contribution in [0.25, 0.3) is 72.7 Å². The zero-order valence-electron chi connectivity index (χ0n) is 36.4. The van der Waals surface area contributed by atoms with Crippen LogP contribution in [0.4, 0.5) is 0 Å². The fraction of sp³-hybridized carbons (Fsp3) is 0.160. The zero-order chi connectivity index (χ0) is 42.0. The number of fused-ring (bicyclic) bond motifs is 1. The topological polar surface area (TPSA) is 50.9 Å². The lowest BCUT2D eigenvalue weighted by Gasteiger charge is -2.22. The highest BCUT2D eigenvalue weighted by Crippen LogP contribution is 2.42. The van der Waals surface area contributed by atoms with Gasteiger partial charge < -0.3 is 5.11 Å². The van der Waals surface area contributed by atoms with E-state index in [1.165, 1.54) is 0 Å². The van der Waals surface area contributed by atoms with Crippen LogP contribution in [0.2, 0.25) is 0 Å². The van der Waals surface area contributed by atoms with E-state index in [0.29, 0.717) is 28.2 Å². The molecule has 1 N–H and O–H groups in total. The van der Waals surface area contributed by atoms with E-state index in [1.807, 2.05) is 74.5 Å². The number of pyridine rings is 1. The van der Waals surface area contributed by atoms with Crippen LogP contribution in [-0.4, -0.2) is 19.6 Å². The third-order valence-corrected chi connectivity index (χ3v) is 9.93. The number of rotatable bonds is 7. The van der Waals surface area contributed by atoms with Crippen LogP contribution in [0.1, 0.15) is 64.1 Å². The molecule has 0 fully saturated rings. The Balaban J connectivity index is 1.39. The molecule has 2 aromatic heterocycles. The van der Waals surface area contributed by atoms with E-state index < -0.39 is 5.89 Å². The number of phenolic OH excluding ortho intramolecular Hbond substituents is 1. The number of hydrogen-bond acceptors (Lipinski definition) is 3. The maximum absolute atomic E-state index is 11.3. The Hall–Kier alpha value is -6.26. The van der Waals surface area contributed by atoms with Gasteiger partial charge >= 0.3 is 0 Å². The lowest BCUT2D eigenvalue weighted by atomic mass is 9.83. The molecular formula is C50H45N3O. The van der Waals surface area contributed by atoms with Crippen LogP contribution >= 0.6 is 0 Å². The summed E-state index contributed by atoms with van der Waals surface area (Å²) in [7, 11) is 0. The molecule has 0 saturated carbocycles. The van der Waals surface area contributed by atoms with E-state index in [4.69, 9.17) is 16.8 Å². The van der Waals surface area contributed by atoms with Crippen molar-refractivity contribution in [3.63, 3.8) is 0 Å². The summed E-state index contributed by atoms with van der Waals surface area (Å²) in [6.07, 6.45) is 1.65. The number of aromatic nitrogens is 3. The first kappa shape index (κ1) is 29.2. The van der Waals surface area contributed by atoms with Crippen molar-refractivity contribution < 1.29 is 12.0 Å². The molecule has 0 aliphatic heterocycles. The highest BCUT2D eigenvalue weighted by molar-refractivity contribution is 5.97. The van der Waals surface area contributed by atoms with Crippen molar-refractivity contribution in [2.75, 3.05) is 0 Å². The normalized spacial score (nSPS) is 13.3. The summed E-state index contributed by atoms with van der Waals surface area (Å²) < 4.78 is 45.4. The maximum Gasteiger partial charge on any atom is 0.149 e. The minimum Gasteiger partial charge on any atom is -0.507 e. The van der Waals surface area contributed by atoms with Gasteiger partial charge in [-0.3, -0.25) is 9.55 Å². The fourth-order valence-electron chi connectivity index (χ4n) is 6.94. The van der Waals surface area contributed by atoms with Crippen LogP contribution in [0.15, 0.2) is 152 Å². The standard InChI is InChI=1S/C50H45N3O/c1-32(2)36-23-24-45(43(30-36)35-13-8-7-9-14-35)53-46-17-12-16-41(48(46)52-49(53)42-15-10-11-18-47(42)54)38-27-39(29-40(28-38)50(4,5)6)44-31-37(25-26-51-44)34-21-19-33(3)20-22-34/h7-32,54H,1-6H3/i19D,20D,21D,22D,32D. The van der Waals surface area contributed by atoms with Gasteiger partial charge in [0.1, 0.15) is 11.6 Å². The quantitative estimate of drug-likeness (QED) is 0.179. The monoisotopic (exact) mass is 708 g/mol. The van der Waals surface area contributed by atoms with Gasteiger partial charge in [0.15, 0.2) is 0 Å². The van der Waals surface area contributed by atoms with Crippen molar-refractivity contribution in [2.45, 2.75) is 52.9 Å². The molecule has 4 nitrogen and oxygen atoms in total. The average molecular weight is 709 g/mol. The minimum atomic E-state index is -0.834. The molecule has 6 aromatic carbocycles. The van der Waals surface area contributed by atoms with Gasteiger partial charge in [0.05, 0.1) is 33.5 Å². The smallest absolute Gasteiger partial charge is 0.149 e. The second-order valence-electron chi connectivity index (χ2n) is 15.0. The number of aromatic hydroxyl groups is 1. The third kappa shape index (κ3) is 6.60. The third-order valence-electron chi connectivity index (χ3n) is 9.93. The van der Waals surface area contributed by atoms with Crippen LogP contribution in [0.5, 0.6) is 5.75 Å². The molecule has 0 saturated heterocycles. The average Bonchev–Trinajstić information content (AvgIpc) is 3.61. The molecule has 4 heteroatoms. The Bertz CT molecular complexity index is 2890. The fourth-order valence-corrected chi connectivity index (χ4v) is 6.94. The molecule has 0 unspecified atom stereocenters. The van der Waals surface area contributed by atoms with E-state index in [2.05, 4.69) is 67.8 Å². The molecule has 266 valence electrons. The maximum atomic E-state index is 11.3. The molecule has 0 amide bonds. The van der Waals surface area contributed by atoms with Crippen molar-refractivity contribution in [1.29, 1.82) is 0 Å². The minimum absolute atomic E-state index is 0.0563. The molecule has 0 bridgehead atoms. The molecule has 0 atom stereocenters. The summed E-state index contributed by atoms with van der Waals surface area (Å²) in [4.78, 5) is 10.1. The Morgan fingerprint density at radius 2 is 1.39 bits per heavy atom. The molecule has 54 heavy (non-hydrogen) atoms. The number of imidazole rings is 1. The summed E-state index contributed by atoms with van der Waals surface area (Å²) in [5.74, 6) is -0.159. The summed E-state index contributed by atoms with van der Waals surface area (Å²) in [6.45, 7) is 11.9.